The first-order chi connectivity index (χ1) is 13.5. The average Bonchev–Trinajstić information content (AvgIpc) is 2.96. The minimum atomic E-state index is -3.75. The Kier molecular flexibility index (Phi) is 5.44. The third-order valence-electron chi connectivity index (χ3n) is 4.91. The van der Waals surface area contributed by atoms with Crippen LogP contribution in [0.5, 0.6) is 0 Å². The summed E-state index contributed by atoms with van der Waals surface area (Å²) in [7, 11) is -3.75. The van der Waals surface area contributed by atoms with Crippen molar-refractivity contribution in [2.75, 3.05) is 35.8 Å². The molecule has 3 aromatic carbocycles. The van der Waals surface area contributed by atoms with E-state index in [9.17, 15) is 8.42 Å². The van der Waals surface area contributed by atoms with Crippen LogP contribution in [0.4, 0.5) is 11.4 Å². The molecule has 1 saturated heterocycles. The molecule has 5 nitrogen and oxygen atoms in total. The van der Waals surface area contributed by atoms with Gasteiger partial charge in [-0.2, -0.15) is 0 Å². The molecule has 0 bridgehead atoms. The molecule has 1 fully saturated rings. The zero-order valence-corrected chi connectivity index (χ0v) is 16.9. The van der Waals surface area contributed by atoms with E-state index in [1.807, 2.05) is 30.3 Å². The topological polar surface area (TPSA) is 61.4 Å². The van der Waals surface area contributed by atoms with Gasteiger partial charge in [0.2, 0.25) is 0 Å². The first-order valence-electron chi connectivity index (χ1n) is 9.30. The molecular weight excluding hydrogens is 394 g/mol. The molecule has 0 aromatic heterocycles. The minimum absolute atomic E-state index is 0.264. The molecule has 2 N–H and O–H groups in total. The highest BCUT2D eigenvalue weighted by Gasteiger charge is 2.21. The van der Waals surface area contributed by atoms with Gasteiger partial charge in [-0.15, -0.1) is 0 Å². The zero-order chi connectivity index (χ0) is 19.6. The Morgan fingerprint density at radius 2 is 1.75 bits per heavy atom. The van der Waals surface area contributed by atoms with E-state index in [-0.39, 0.29) is 4.90 Å². The molecule has 4 rings (SSSR count). The molecule has 0 saturated carbocycles. The summed E-state index contributed by atoms with van der Waals surface area (Å²) < 4.78 is 28.8. The van der Waals surface area contributed by atoms with Crippen molar-refractivity contribution in [2.45, 2.75) is 11.3 Å². The fraction of sp³-hybridized carbons (Fsp3) is 0.238. The SMILES string of the molecule is O=S(=O)(Nc1cccc(Cl)c1)c1ccc(N2CCCNCC2)c2ccccc12. The van der Waals surface area contributed by atoms with E-state index in [0.29, 0.717) is 16.1 Å². The molecule has 0 radical (unpaired) electrons. The second-order valence-corrected chi connectivity index (χ2v) is 8.92. The summed E-state index contributed by atoms with van der Waals surface area (Å²) in [5.74, 6) is 0. The van der Waals surface area contributed by atoms with E-state index >= 15 is 0 Å². The largest absolute Gasteiger partial charge is 0.370 e. The number of hydrogen-bond donors (Lipinski definition) is 2. The first kappa shape index (κ1) is 19.1. The van der Waals surface area contributed by atoms with Crippen molar-refractivity contribution < 1.29 is 8.42 Å². The Balaban J connectivity index is 1.77. The predicted molar refractivity (Wildman–Crippen MR) is 116 cm³/mol. The predicted octanol–water partition coefficient (Wildman–Crippen LogP) is 4.09. The van der Waals surface area contributed by atoms with Crippen molar-refractivity contribution >= 4 is 43.8 Å². The van der Waals surface area contributed by atoms with Crippen molar-refractivity contribution in [2.24, 2.45) is 0 Å². The van der Waals surface area contributed by atoms with Gasteiger partial charge in [0.25, 0.3) is 10.0 Å². The minimum Gasteiger partial charge on any atom is -0.370 e. The summed E-state index contributed by atoms with van der Waals surface area (Å²) in [5.41, 5.74) is 1.51. The Morgan fingerprint density at radius 1 is 0.929 bits per heavy atom. The molecule has 1 heterocycles. The van der Waals surface area contributed by atoms with Crippen LogP contribution in [0.1, 0.15) is 6.42 Å². The average molecular weight is 416 g/mol. The van der Waals surface area contributed by atoms with Gasteiger partial charge >= 0.3 is 0 Å². The molecular formula is C21H22ClN3O2S. The fourth-order valence-corrected chi connectivity index (χ4v) is 5.07. The number of fused-ring (bicyclic) bond motifs is 1. The highest BCUT2D eigenvalue weighted by Crippen LogP contribution is 2.33. The summed E-state index contributed by atoms with van der Waals surface area (Å²) in [4.78, 5) is 2.59. The van der Waals surface area contributed by atoms with Gasteiger partial charge in [-0.3, -0.25) is 4.72 Å². The Hall–Kier alpha value is -2.28. The molecule has 1 aliphatic heterocycles. The molecule has 0 amide bonds. The lowest BCUT2D eigenvalue weighted by atomic mass is 10.1. The van der Waals surface area contributed by atoms with Crippen molar-refractivity contribution in [3.63, 3.8) is 0 Å². The maximum absolute atomic E-state index is 13.1. The lowest BCUT2D eigenvalue weighted by molar-refractivity contribution is 0.602. The van der Waals surface area contributed by atoms with E-state index in [0.717, 1.165) is 43.7 Å². The molecule has 1 aliphatic rings. The van der Waals surface area contributed by atoms with Crippen molar-refractivity contribution in [3.05, 3.63) is 65.7 Å². The highest BCUT2D eigenvalue weighted by molar-refractivity contribution is 7.93. The molecule has 146 valence electrons. The first-order valence-corrected chi connectivity index (χ1v) is 11.2. The van der Waals surface area contributed by atoms with Crippen LogP contribution < -0.4 is 14.9 Å². The van der Waals surface area contributed by atoms with E-state index in [1.54, 1.807) is 30.3 Å². The van der Waals surface area contributed by atoms with Crippen LogP contribution in [0.2, 0.25) is 5.02 Å². The van der Waals surface area contributed by atoms with Gasteiger partial charge in [0.15, 0.2) is 0 Å². The normalized spacial score (nSPS) is 15.4. The fourth-order valence-electron chi connectivity index (χ4n) is 3.61. The molecule has 7 heteroatoms. The van der Waals surface area contributed by atoms with Gasteiger partial charge in [-0.05, 0) is 43.3 Å². The highest BCUT2D eigenvalue weighted by atomic mass is 35.5. The number of benzene rings is 3. The van der Waals surface area contributed by atoms with Crippen LogP contribution in [0.25, 0.3) is 10.8 Å². The van der Waals surface area contributed by atoms with Gasteiger partial charge in [0.1, 0.15) is 0 Å². The van der Waals surface area contributed by atoms with Crippen LogP contribution in [0.15, 0.2) is 65.6 Å². The third kappa shape index (κ3) is 3.94. The summed E-state index contributed by atoms with van der Waals surface area (Å²) in [5, 5.41) is 5.54. The summed E-state index contributed by atoms with van der Waals surface area (Å²) in [6, 6.07) is 18.0. The zero-order valence-electron chi connectivity index (χ0n) is 15.4. The van der Waals surface area contributed by atoms with Crippen molar-refractivity contribution in [3.8, 4) is 0 Å². The number of sulfonamides is 1. The van der Waals surface area contributed by atoms with Crippen LogP contribution in [0, 0.1) is 0 Å². The monoisotopic (exact) mass is 415 g/mol. The summed E-state index contributed by atoms with van der Waals surface area (Å²) in [6.07, 6.45) is 1.06. The Bertz CT molecular complexity index is 1090. The molecule has 0 atom stereocenters. The second kappa shape index (κ2) is 7.99. The van der Waals surface area contributed by atoms with Gasteiger partial charge in [-0.1, -0.05) is 41.9 Å². The van der Waals surface area contributed by atoms with Crippen molar-refractivity contribution in [1.29, 1.82) is 0 Å². The van der Waals surface area contributed by atoms with E-state index in [1.165, 1.54) is 0 Å². The molecule has 3 aromatic rings. The van der Waals surface area contributed by atoms with Gasteiger partial charge in [0, 0.05) is 41.1 Å². The maximum atomic E-state index is 13.1. The van der Waals surface area contributed by atoms with Crippen LogP contribution in [0.3, 0.4) is 0 Å². The Morgan fingerprint density at radius 3 is 2.57 bits per heavy atom. The van der Waals surface area contributed by atoms with Crippen molar-refractivity contribution in [1.82, 2.24) is 5.32 Å². The van der Waals surface area contributed by atoms with Gasteiger partial charge < -0.3 is 10.2 Å². The Labute approximate surface area is 170 Å². The number of nitrogens with one attached hydrogen (secondary N) is 2. The second-order valence-electron chi connectivity index (χ2n) is 6.83. The van der Waals surface area contributed by atoms with E-state index in [2.05, 4.69) is 14.9 Å². The molecule has 0 unspecified atom stereocenters. The summed E-state index contributed by atoms with van der Waals surface area (Å²) >= 11 is 5.99. The lowest BCUT2D eigenvalue weighted by Gasteiger charge is -2.25. The number of nitrogens with zero attached hydrogens (tertiary/aromatic N) is 1. The number of anilines is 2. The van der Waals surface area contributed by atoms with E-state index in [4.69, 9.17) is 11.6 Å². The van der Waals surface area contributed by atoms with E-state index < -0.39 is 10.0 Å². The maximum Gasteiger partial charge on any atom is 0.262 e. The van der Waals surface area contributed by atoms with Crippen LogP contribution in [-0.4, -0.2) is 34.6 Å². The quantitative estimate of drug-likeness (QED) is 0.673. The smallest absolute Gasteiger partial charge is 0.262 e. The van der Waals surface area contributed by atoms with Crippen LogP contribution >= 0.6 is 11.6 Å². The lowest BCUT2D eigenvalue weighted by Crippen LogP contribution is -2.28. The number of rotatable bonds is 4. The van der Waals surface area contributed by atoms with Crippen LogP contribution in [-0.2, 0) is 10.0 Å². The number of hydrogen-bond acceptors (Lipinski definition) is 4. The summed E-state index contributed by atoms with van der Waals surface area (Å²) in [6.45, 7) is 3.77. The third-order valence-corrected chi connectivity index (χ3v) is 6.58. The molecule has 0 spiro atoms. The molecule has 28 heavy (non-hydrogen) atoms. The van der Waals surface area contributed by atoms with Gasteiger partial charge in [-0.25, -0.2) is 8.42 Å². The molecule has 0 aliphatic carbocycles. The standard InChI is InChI=1S/C21H22ClN3O2S/c22-16-5-3-6-17(15-16)24-28(26,27)21-10-9-20(18-7-1-2-8-19(18)21)25-13-4-11-23-12-14-25/h1-3,5-10,15,23-24H,4,11-14H2. The number of halogens is 1. The van der Waals surface area contributed by atoms with Gasteiger partial charge in [0.05, 0.1) is 10.6 Å².